The van der Waals surface area contributed by atoms with E-state index >= 15 is 4.39 Å². The number of anilines is 1. The van der Waals surface area contributed by atoms with E-state index in [0.717, 1.165) is 0 Å². The van der Waals surface area contributed by atoms with Gasteiger partial charge in [-0.1, -0.05) is 5.92 Å². The number of ether oxygens (including phenoxy) is 1. The van der Waals surface area contributed by atoms with Gasteiger partial charge >= 0.3 is 0 Å². The van der Waals surface area contributed by atoms with Crippen LogP contribution < -0.4 is 4.90 Å². The summed E-state index contributed by atoms with van der Waals surface area (Å²) < 4.78 is 22.2. The predicted molar refractivity (Wildman–Crippen MR) is 87.0 cm³/mol. The molecule has 1 aliphatic heterocycles. The van der Waals surface area contributed by atoms with Crippen LogP contribution in [0.3, 0.4) is 0 Å². The van der Waals surface area contributed by atoms with Crippen LogP contribution in [0.25, 0.3) is 11.2 Å². The zero-order chi connectivity index (χ0) is 17.6. The van der Waals surface area contributed by atoms with Crippen molar-refractivity contribution in [3.05, 3.63) is 11.1 Å². The highest BCUT2D eigenvalue weighted by Gasteiger charge is 2.57. The molecule has 0 amide bonds. The number of imidazole rings is 1. The molecule has 2 aromatic heterocycles. The zero-order valence-electron chi connectivity index (χ0n) is 12.9. The molecule has 1 fully saturated rings. The van der Waals surface area contributed by atoms with Gasteiger partial charge in [0.15, 0.2) is 23.2 Å². The fraction of sp³-hybridized carbons (Fsp3) is 0.500. The summed E-state index contributed by atoms with van der Waals surface area (Å²) in [5.74, 6) is 2.46. The van der Waals surface area contributed by atoms with Crippen molar-refractivity contribution >= 4 is 32.9 Å². The Hall–Kier alpha value is -1.80. The molecular weight excluding hydrogens is 385 g/mol. The first-order valence-corrected chi connectivity index (χ1v) is 7.81. The van der Waals surface area contributed by atoms with Crippen molar-refractivity contribution in [2.45, 2.75) is 24.1 Å². The molecule has 0 radical (unpaired) electrons. The summed E-state index contributed by atoms with van der Waals surface area (Å²) in [5.41, 5.74) is -1.82. The molecule has 0 saturated carbocycles. The summed E-state index contributed by atoms with van der Waals surface area (Å²) in [6.07, 6.45) is 2.42. The van der Waals surface area contributed by atoms with E-state index in [0.29, 0.717) is 11.3 Å². The molecule has 8 nitrogen and oxygen atoms in total. The van der Waals surface area contributed by atoms with Gasteiger partial charge in [-0.05, 0) is 15.9 Å². The largest absolute Gasteiger partial charge is 0.394 e. The average molecular weight is 400 g/mol. The molecule has 2 aromatic rings. The van der Waals surface area contributed by atoms with Gasteiger partial charge in [0.05, 0.1) is 12.9 Å². The van der Waals surface area contributed by atoms with Gasteiger partial charge in [0, 0.05) is 14.1 Å². The van der Waals surface area contributed by atoms with Crippen LogP contribution in [-0.2, 0) is 4.74 Å². The van der Waals surface area contributed by atoms with E-state index < -0.39 is 30.7 Å². The molecule has 1 aliphatic rings. The fourth-order valence-corrected chi connectivity index (χ4v) is 3.02. The number of alkyl halides is 1. The minimum Gasteiger partial charge on any atom is -0.394 e. The molecule has 1 saturated heterocycles. The molecule has 0 aromatic carbocycles. The number of aliphatic hydroxyl groups is 2. The Kier molecular flexibility index (Phi) is 4.21. The smallest absolute Gasteiger partial charge is 0.243 e. The molecule has 3 heterocycles. The van der Waals surface area contributed by atoms with E-state index in [-0.39, 0.29) is 10.4 Å². The molecule has 2 N–H and O–H groups in total. The monoisotopic (exact) mass is 399 g/mol. The van der Waals surface area contributed by atoms with Crippen molar-refractivity contribution in [1.29, 1.82) is 0 Å². The fourth-order valence-electron chi connectivity index (χ4n) is 2.68. The van der Waals surface area contributed by atoms with Crippen molar-refractivity contribution in [3.8, 4) is 12.3 Å². The third-order valence-corrected chi connectivity index (χ3v) is 4.25. The molecule has 0 bridgehead atoms. The Labute approximate surface area is 145 Å². The van der Waals surface area contributed by atoms with Gasteiger partial charge in [-0.25, -0.2) is 19.3 Å². The van der Waals surface area contributed by atoms with E-state index in [9.17, 15) is 10.2 Å². The number of nitrogens with zero attached hydrogens (tertiary/aromatic N) is 5. The van der Waals surface area contributed by atoms with Gasteiger partial charge in [-0.3, -0.25) is 4.57 Å². The predicted octanol–water partition coefficient (Wildman–Crippen LogP) is 0.247. The molecule has 10 heteroatoms. The molecule has 3 rings (SSSR count). The summed E-state index contributed by atoms with van der Waals surface area (Å²) in [6.45, 7) is -0.570. The van der Waals surface area contributed by atoms with Crippen LogP contribution in [0.2, 0.25) is 0 Å². The van der Waals surface area contributed by atoms with Crippen LogP contribution in [0.5, 0.6) is 0 Å². The summed E-state index contributed by atoms with van der Waals surface area (Å²) >= 11 is 3.21. The van der Waals surface area contributed by atoms with E-state index in [2.05, 4.69) is 30.9 Å². The molecule has 24 heavy (non-hydrogen) atoms. The lowest BCUT2D eigenvalue weighted by Crippen LogP contribution is -2.42. The number of hydrogen-bond acceptors (Lipinski definition) is 7. The second-order valence-corrected chi connectivity index (χ2v) is 6.31. The van der Waals surface area contributed by atoms with Gasteiger partial charge in [-0.15, -0.1) is 6.42 Å². The minimum absolute atomic E-state index is 0.280. The van der Waals surface area contributed by atoms with E-state index in [1.54, 1.807) is 19.0 Å². The third-order valence-electron chi connectivity index (χ3n) is 3.90. The highest BCUT2D eigenvalue weighted by Crippen LogP contribution is 2.42. The molecule has 0 aliphatic carbocycles. The maximum absolute atomic E-state index is 15.2. The highest BCUT2D eigenvalue weighted by atomic mass is 79.9. The standard InChI is InChI=1S/C14H15BrFN5O3/c1-4-14(16)9(23)7(5-22)24-12(14)21-6-17-8-10(20(2)3)18-13(15)19-11(8)21/h1,6-7,9,12,22-23H,5H2,2-3H3/t7-,9-,12-,14-/m1/s1. The van der Waals surface area contributed by atoms with Crippen LogP contribution in [-0.4, -0.2) is 68.3 Å². The lowest BCUT2D eigenvalue weighted by molar-refractivity contribution is -0.0504. The third kappa shape index (κ3) is 2.36. The summed E-state index contributed by atoms with van der Waals surface area (Å²) in [4.78, 5) is 14.4. The second-order valence-electron chi connectivity index (χ2n) is 5.60. The van der Waals surface area contributed by atoms with Crippen molar-refractivity contribution in [2.75, 3.05) is 25.6 Å². The Morgan fingerprint density at radius 1 is 1.54 bits per heavy atom. The van der Waals surface area contributed by atoms with Crippen molar-refractivity contribution < 1.29 is 19.3 Å². The molecule has 0 unspecified atom stereocenters. The number of terminal acetylenes is 1. The number of aromatic nitrogens is 4. The minimum atomic E-state index is -2.53. The van der Waals surface area contributed by atoms with Crippen molar-refractivity contribution in [3.63, 3.8) is 0 Å². The number of halogens is 2. The first kappa shape index (κ1) is 17.0. The highest BCUT2D eigenvalue weighted by molar-refractivity contribution is 9.10. The summed E-state index contributed by atoms with van der Waals surface area (Å²) in [5, 5.41) is 19.3. The van der Waals surface area contributed by atoms with Crippen molar-refractivity contribution in [2.24, 2.45) is 0 Å². The maximum atomic E-state index is 15.2. The van der Waals surface area contributed by atoms with Gasteiger partial charge in [-0.2, -0.15) is 0 Å². The Balaban J connectivity index is 2.18. The molecular formula is C14H15BrFN5O3. The summed E-state index contributed by atoms with van der Waals surface area (Å²) in [6, 6.07) is 0. The van der Waals surface area contributed by atoms with Crippen LogP contribution in [0, 0.1) is 12.3 Å². The Bertz CT molecular complexity index is 823. The maximum Gasteiger partial charge on any atom is 0.243 e. The van der Waals surface area contributed by atoms with Crippen LogP contribution in [0.4, 0.5) is 10.2 Å². The topological polar surface area (TPSA) is 96.5 Å². The number of rotatable bonds is 3. The first-order chi connectivity index (χ1) is 11.3. The van der Waals surface area contributed by atoms with Gasteiger partial charge in [0.25, 0.3) is 0 Å². The number of fused-ring (bicyclic) bond motifs is 1. The average Bonchev–Trinajstić information content (AvgIpc) is 3.07. The van der Waals surface area contributed by atoms with Crippen LogP contribution >= 0.6 is 15.9 Å². The number of hydrogen-bond donors (Lipinski definition) is 2. The molecule has 128 valence electrons. The normalized spacial score (nSPS) is 29.8. The SMILES string of the molecule is C#C[C@@]1(F)[C@H](O)[C@@H](CO)O[C@H]1n1cnc2c(N(C)C)nc(Br)nc21. The van der Waals surface area contributed by atoms with Crippen molar-refractivity contribution in [1.82, 2.24) is 19.5 Å². The number of aliphatic hydroxyl groups excluding tert-OH is 2. The molecule has 4 atom stereocenters. The van der Waals surface area contributed by atoms with E-state index in [1.165, 1.54) is 10.9 Å². The second kappa shape index (κ2) is 5.93. The first-order valence-electron chi connectivity index (χ1n) is 7.02. The van der Waals surface area contributed by atoms with Crippen LogP contribution in [0.1, 0.15) is 6.23 Å². The molecule has 0 spiro atoms. The quantitative estimate of drug-likeness (QED) is 0.563. The van der Waals surface area contributed by atoms with E-state index in [1.807, 2.05) is 5.92 Å². The zero-order valence-corrected chi connectivity index (χ0v) is 14.5. The van der Waals surface area contributed by atoms with Gasteiger partial charge in [0.2, 0.25) is 10.4 Å². The van der Waals surface area contributed by atoms with Gasteiger partial charge < -0.3 is 19.8 Å². The Morgan fingerprint density at radius 3 is 2.83 bits per heavy atom. The lowest BCUT2D eigenvalue weighted by atomic mass is 9.97. The van der Waals surface area contributed by atoms with E-state index in [4.69, 9.17) is 11.2 Å². The van der Waals surface area contributed by atoms with Crippen LogP contribution in [0.15, 0.2) is 11.1 Å². The lowest BCUT2D eigenvalue weighted by Gasteiger charge is -2.23. The van der Waals surface area contributed by atoms with Gasteiger partial charge in [0.1, 0.15) is 12.2 Å². The Morgan fingerprint density at radius 2 is 2.25 bits per heavy atom. The summed E-state index contributed by atoms with van der Waals surface area (Å²) in [7, 11) is 3.57.